The minimum absolute atomic E-state index is 0.0848. The number of rotatable bonds is 6. The van der Waals surface area contributed by atoms with Crippen LogP contribution in [0.15, 0.2) is 0 Å². The standard InChI is InChI=1S/C15H28N2O3/c1-12-11-17(14-6-4-3-5-13(12)14)15(18)16-7-8-20-10-9-19-2/h12-14H,3-11H2,1-2H3,(H,16,18)/t12-,13+,14+/m0/s1. The Labute approximate surface area is 122 Å². The second kappa shape index (κ2) is 7.84. The monoisotopic (exact) mass is 284 g/mol. The summed E-state index contributed by atoms with van der Waals surface area (Å²) in [6.07, 6.45) is 5.05. The number of ether oxygens (including phenoxy) is 2. The largest absolute Gasteiger partial charge is 0.382 e. The highest BCUT2D eigenvalue weighted by atomic mass is 16.5. The van der Waals surface area contributed by atoms with Gasteiger partial charge in [0.15, 0.2) is 0 Å². The van der Waals surface area contributed by atoms with Gasteiger partial charge in [0.05, 0.1) is 19.8 Å². The fourth-order valence-corrected chi connectivity index (χ4v) is 3.58. The maximum absolute atomic E-state index is 12.3. The van der Waals surface area contributed by atoms with Crippen LogP contribution in [0, 0.1) is 11.8 Å². The fraction of sp³-hybridized carbons (Fsp3) is 0.933. The average Bonchev–Trinajstić information content (AvgIpc) is 2.80. The summed E-state index contributed by atoms with van der Waals surface area (Å²) in [5, 5.41) is 2.98. The predicted molar refractivity (Wildman–Crippen MR) is 77.7 cm³/mol. The van der Waals surface area contributed by atoms with Crippen LogP contribution in [0.1, 0.15) is 32.6 Å². The van der Waals surface area contributed by atoms with E-state index in [1.165, 1.54) is 25.7 Å². The van der Waals surface area contributed by atoms with Gasteiger partial charge in [-0.25, -0.2) is 4.79 Å². The molecule has 2 rings (SSSR count). The van der Waals surface area contributed by atoms with Gasteiger partial charge >= 0.3 is 6.03 Å². The summed E-state index contributed by atoms with van der Waals surface area (Å²) in [5.74, 6) is 1.36. The minimum atomic E-state index is 0.0848. The molecule has 1 N–H and O–H groups in total. The van der Waals surface area contributed by atoms with Crippen molar-refractivity contribution >= 4 is 6.03 Å². The number of hydrogen-bond donors (Lipinski definition) is 1. The van der Waals surface area contributed by atoms with E-state index in [1.54, 1.807) is 7.11 Å². The molecule has 1 heterocycles. The van der Waals surface area contributed by atoms with Crippen LogP contribution in [0.4, 0.5) is 4.79 Å². The van der Waals surface area contributed by atoms with Crippen LogP contribution in [0.2, 0.25) is 0 Å². The van der Waals surface area contributed by atoms with E-state index in [0.717, 1.165) is 6.54 Å². The van der Waals surface area contributed by atoms with Crippen LogP contribution < -0.4 is 5.32 Å². The third-order valence-corrected chi connectivity index (χ3v) is 4.61. The van der Waals surface area contributed by atoms with Gasteiger partial charge in [-0.15, -0.1) is 0 Å². The molecule has 0 unspecified atom stereocenters. The molecule has 1 aliphatic heterocycles. The van der Waals surface area contributed by atoms with Crippen molar-refractivity contribution in [1.29, 1.82) is 0 Å². The molecule has 0 radical (unpaired) electrons. The number of fused-ring (bicyclic) bond motifs is 1. The molecule has 1 saturated heterocycles. The van der Waals surface area contributed by atoms with Gasteiger partial charge in [0.2, 0.25) is 0 Å². The highest BCUT2D eigenvalue weighted by molar-refractivity contribution is 5.75. The number of urea groups is 1. The number of nitrogens with zero attached hydrogens (tertiary/aromatic N) is 1. The van der Waals surface area contributed by atoms with Crippen molar-refractivity contribution in [1.82, 2.24) is 10.2 Å². The number of amides is 2. The molecule has 0 spiro atoms. The molecule has 2 fully saturated rings. The number of nitrogens with one attached hydrogen (secondary N) is 1. The normalized spacial score (nSPS) is 29.3. The molecule has 1 saturated carbocycles. The molecule has 0 aromatic heterocycles. The molecule has 2 aliphatic rings. The fourth-order valence-electron chi connectivity index (χ4n) is 3.58. The first-order chi connectivity index (χ1) is 9.74. The van der Waals surface area contributed by atoms with Crippen LogP contribution in [-0.4, -0.2) is 57.0 Å². The van der Waals surface area contributed by atoms with Crippen molar-refractivity contribution in [3.63, 3.8) is 0 Å². The van der Waals surface area contributed by atoms with Crippen molar-refractivity contribution in [2.24, 2.45) is 11.8 Å². The molecule has 5 heteroatoms. The van der Waals surface area contributed by atoms with Gasteiger partial charge in [-0.05, 0) is 24.7 Å². The van der Waals surface area contributed by atoms with Crippen molar-refractivity contribution in [3.8, 4) is 0 Å². The second-order valence-electron chi connectivity index (χ2n) is 5.98. The quantitative estimate of drug-likeness (QED) is 0.758. The highest BCUT2D eigenvalue weighted by Gasteiger charge is 2.42. The first kappa shape index (κ1) is 15.6. The Morgan fingerprint density at radius 3 is 2.85 bits per heavy atom. The molecule has 5 nitrogen and oxygen atoms in total. The van der Waals surface area contributed by atoms with E-state index in [1.807, 2.05) is 0 Å². The van der Waals surface area contributed by atoms with Crippen molar-refractivity contribution in [2.75, 3.05) is 40.0 Å². The Kier molecular flexibility index (Phi) is 6.10. The second-order valence-corrected chi connectivity index (χ2v) is 5.98. The molecule has 0 aromatic rings. The Hall–Kier alpha value is -0.810. The van der Waals surface area contributed by atoms with E-state index in [4.69, 9.17) is 9.47 Å². The highest BCUT2D eigenvalue weighted by Crippen LogP contribution is 2.39. The summed E-state index contributed by atoms with van der Waals surface area (Å²) < 4.78 is 10.3. The molecule has 0 bridgehead atoms. The molecule has 1 aliphatic carbocycles. The lowest BCUT2D eigenvalue weighted by Crippen LogP contribution is -2.45. The molecular weight excluding hydrogens is 256 g/mol. The number of methoxy groups -OCH3 is 1. The third-order valence-electron chi connectivity index (χ3n) is 4.61. The summed E-state index contributed by atoms with van der Waals surface area (Å²) in [7, 11) is 1.65. The summed E-state index contributed by atoms with van der Waals surface area (Å²) in [5.41, 5.74) is 0. The molecule has 2 amide bonds. The predicted octanol–water partition coefficient (Wildman–Crippen LogP) is 1.87. The maximum Gasteiger partial charge on any atom is 0.317 e. The van der Waals surface area contributed by atoms with E-state index >= 15 is 0 Å². The van der Waals surface area contributed by atoms with Crippen LogP contribution in [-0.2, 0) is 9.47 Å². The number of likely N-dealkylation sites (tertiary alicyclic amines) is 1. The van der Waals surface area contributed by atoms with Gasteiger partial charge in [0.25, 0.3) is 0 Å². The topological polar surface area (TPSA) is 50.8 Å². The van der Waals surface area contributed by atoms with Gasteiger partial charge in [-0.3, -0.25) is 0 Å². The summed E-state index contributed by atoms with van der Waals surface area (Å²) >= 11 is 0. The number of carbonyl (C=O) groups excluding carboxylic acids is 1. The molecule has 3 atom stereocenters. The van der Waals surface area contributed by atoms with Gasteiger partial charge in [-0.2, -0.15) is 0 Å². The molecular formula is C15H28N2O3. The number of carbonyl (C=O) groups is 1. The summed E-state index contributed by atoms with van der Waals surface area (Å²) in [6.45, 7) is 5.49. The summed E-state index contributed by atoms with van der Waals surface area (Å²) in [6, 6.07) is 0.551. The average molecular weight is 284 g/mol. The van der Waals surface area contributed by atoms with Crippen molar-refractivity contribution in [2.45, 2.75) is 38.6 Å². The first-order valence-corrected chi connectivity index (χ1v) is 7.85. The first-order valence-electron chi connectivity index (χ1n) is 7.85. The van der Waals surface area contributed by atoms with Crippen molar-refractivity contribution < 1.29 is 14.3 Å². The lowest BCUT2D eigenvalue weighted by atomic mass is 9.80. The number of hydrogen-bond acceptors (Lipinski definition) is 3. The Bertz CT molecular complexity index is 311. The Morgan fingerprint density at radius 2 is 2.05 bits per heavy atom. The van der Waals surface area contributed by atoms with Crippen LogP contribution in [0.25, 0.3) is 0 Å². The lowest BCUT2D eigenvalue weighted by Gasteiger charge is -2.32. The maximum atomic E-state index is 12.3. The molecule has 20 heavy (non-hydrogen) atoms. The third kappa shape index (κ3) is 3.85. The van der Waals surface area contributed by atoms with Crippen molar-refractivity contribution in [3.05, 3.63) is 0 Å². The van der Waals surface area contributed by atoms with Crippen LogP contribution in [0.5, 0.6) is 0 Å². The van der Waals surface area contributed by atoms with Gasteiger partial charge in [0.1, 0.15) is 0 Å². The smallest absolute Gasteiger partial charge is 0.317 e. The van der Waals surface area contributed by atoms with Gasteiger partial charge in [-0.1, -0.05) is 19.8 Å². The van der Waals surface area contributed by atoms with Gasteiger partial charge in [0, 0.05) is 26.2 Å². The zero-order chi connectivity index (χ0) is 14.4. The Morgan fingerprint density at radius 1 is 1.25 bits per heavy atom. The van der Waals surface area contributed by atoms with Crippen LogP contribution in [0.3, 0.4) is 0 Å². The zero-order valence-corrected chi connectivity index (χ0v) is 12.8. The van der Waals surface area contributed by atoms with E-state index in [0.29, 0.717) is 44.2 Å². The van der Waals surface area contributed by atoms with Crippen LogP contribution >= 0.6 is 0 Å². The van der Waals surface area contributed by atoms with E-state index in [9.17, 15) is 4.79 Å². The summed E-state index contributed by atoms with van der Waals surface area (Å²) in [4.78, 5) is 14.3. The SMILES string of the molecule is COCCOCCNC(=O)N1C[C@H](C)[C@H]2CCCC[C@H]21. The Balaban J connectivity index is 1.69. The molecule has 0 aromatic carbocycles. The molecule has 116 valence electrons. The zero-order valence-electron chi connectivity index (χ0n) is 12.8. The van der Waals surface area contributed by atoms with E-state index in [2.05, 4.69) is 17.1 Å². The van der Waals surface area contributed by atoms with E-state index in [-0.39, 0.29) is 6.03 Å². The minimum Gasteiger partial charge on any atom is -0.382 e. The van der Waals surface area contributed by atoms with E-state index < -0.39 is 0 Å². The van der Waals surface area contributed by atoms with Gasteiger partial charge < -0.3 is 19.7 Å². The lowest BCUT2D eigenvalue weighted by molar-refractivity contribution is 0.0718.